The standard InChI is InChI=1S/C10H15N3O/c11-6-8-3-5-13(7-8)10(14)9-2-1-4-12-9/h8-9,12H,1-5,7H2. The van der Waals surface area contributed by atoms with Gasteiger partial charge in [-0.2, -0.15) is 5.26 Å². The van der Waals surface area contributed by atoms with Gasteiger partial charge in [0.2, 0.25) is 5.91 Å². The van der Waals surface area contributed by atoms with E-state index in [1.807, 2.05) is 4.90 Å². The normalized spacial score (nSPS) is 31.8. The fraction of sp³-hybridized carbons (Fsp3) is 0.800. The molecule has 4 heteroatoms. The molecule has 2 heterocycles. The van der Waals surface area contributed by atoms with E-state index in [4.69, 9.17) is 5.26 Å². The number of nitrogens with zero attached hydrogens (tertiary/aromatic N) is 2. The maximum atomic E-state index is 11.9. The average Bonchev–Trinajstić information content (AvgIpc) is 2.88. The number of carbonyl (C=O) groups is 1. The van der Waals surface area contributed by atoms with Crippen LogP contribution in [0.4, 0.5) is 0 Å². The largest absolute Gasteiger partial charge is 0.340 e. The van der Waals surface area contributed by atoms with Crippen LogP contribution in [0.2, 0.25) is 0 Å². The average molecular weight is 193 g/mol. The molecular weight excluding hydrogens is 178 g/mol. The Morgan fingerprint density at radius 3 is 2.93 bits per heavy atom. The van der Waals surface area contributed by atoms with E-state index < -0.39 is 0 Å². The number of amides is 1. The second-order valence-corrected chi connectivity index (χ2v) is 4.05. The van der Waals surface area contributed by atoms with Crippen molar-refractivity contribution < 1.29 is 4.79 Å². The lowest BCUT2D eigenvalue weighted by Gasteiger charge is -2.19. The van der Waals surface area contributed by atoms with E-state index in [0.29, 0.717) is 6.54 Å². The van der Waals surface area contributed by atoms with E-state index in [9.17, 15) is 4.79 Å². The van der Waals surface area contributed by atoms with Gasteiger partial charge in [-0.3, -0.25) is 4.79 Å². The Morgan fingerprint density at radius 2 is 2.36 bits per heavy atom. The number of nitriles is 1. The highest BCUT2D eigenvalue weighted by atomic mass is 16.2. The van der Waals surface area contributed by atoms with E-state index in [1.165, 1.54) is 0 Å². The molecule has 2 rings (SSSR count). The van der Waals surface area contributed by atoms with Crippen molar-refractivity contribution in [1.82, 2.24) is 10.2 Å². The zero-order valence-electron chi connectivity index (χ0n) is 8.20. The minimum Gasteiger partial charge on any atom is -0.340 e. The predicted octanol–water partition coefficient (Wildman–Crippen LogP) is 0.110. The zero-order chi connectivity index (χ0) is 9.97. The van der Waals surface area contributed by atoms with E-state index in [2.05, 4.69) is 11.4 Å². The first-order valence-corrected chi connectivity index (χ1v) is 5.23. The van der Waals surface area contributed by atoms with Gasteiger partial charge < -0.3 is 10.2 Å². The molecule has 0 radical (unpaired) electrons. The summed E-state index contributed by atoms with van der Waals surface area (Å²) in [4.78, 5) is 13.7. The first-order chi connectivity index (χ1) is 6.81. The van der Waals surface area contributed by atoms with Crippen LogP contribution in [-0.4, -0.2) is 36.5 Å². The Labute approximate surface area is 83.9 Å². The Balaban J connectivity index is 1.90. The van der Waals surface area contributed by atoms with Crippen molar-refractivity contribution in [3.05, 3.63) is 0 Å². The lowest BCUT2D eigenvalue weighted by molar-refractivity contribution is -0.132. The van der Waals surface area contributed by atoms with Crippen molar-refractivity contribution in [3.63, 3.8) is 0 Å². The number of likely N-dealkylation sites (tertiary alicyclic amines) is 1. The summed E-state index contributed by atoms with van der Waals surface area (Å²) in [6.45, 7) is 2.34. The number of carbonyl (C=O) groups excluding carboxylic acids is 1. The molecule has 0 aromatic heterocycles. The van der Waals surface area contributed by atoms with Gasteiger partial charge >= 0.3 is 0 Å². The molecule has 1 N–H and O–H groups in total. The van der Waals surface area contributed by atoms with Crippen LogP contribution in [0, 0.1) is 17.2 Å². The Morgan fingerprint density at radius 1 is 1.50 bits per heavy atom. The van der Waals surface area contributed by atoms with Crippen molar-refractivity contribution >= 4 is 5.91 Å². The van der Waals surface area contributed by atoms with Gasteiger partial charge in [-0.05, 0) is 25.8 Å². The molecule has 0 bridgehead atoms. The molecule has 0 aromatic carbocycles. The summed E-state index contributed by atoms with van der Waals surface area (Å²) < 4.78 is 0. The van der Waals surface area contributed by atoms with Crippen LogP contribution in [0.15, 0.2) is 0 Å². The van der Waals surface area contributed by atoms with Gasteiger partial charge in [0, 0.05) is 13.1 Å². The van der Waals surface area contributed by atoms with Crippen molar-refractivity contribution in [2.24, 2.45) is 5.92 Å². The zero-order valence-corrected chi connectivity index (χ0v) is 8.20. The summed E-state index contributed by atoms with van der Waals surface area (Å²) >= 11 is 0. The lowest BCUT2D eigenvalue weighted by Crippen LogP contribution is -2.42. The lowest BCUT2D eigenvalue weighted by atomic mass is 10.1. The SMILES string of the molecule is N#CC1CCN(C(=O)C2CCCN2)C1. The van der Waals surface area contributed by atoms with E-state index in [1.54, 1.807) is 0 Å². The van der Waals surface area contributed by atoms with Gasteiger partial charge in [0.05, 0.1) is 18.0 Å². The second-order valence-electron chi connectivity index (χ2n) is 4.05. The Bertz CT molecular complexity index is 265. The van der Waals surface area contributed by atoms with Gasteiger partial charge in [0.15, 0.2) is 0 Å². The van der Waals surface area contributed by atoms with Gasteiger partial charge in [0.1, 0.15) is 0 Å². The van der Waals surface area contributed by atoms with Crippen LogP contribution < -0.4 is 5.32 Å². The molecule has 1 amide bonds. The fourth-order valence-corrected chi connectivity index (χ4v) is 2.18. The maximum absolute atomic E-state index is 11.9. The molecule has 4 nitrogen and oxygen atoms in total. The van der Waals surface area contributed by atoms with Crippen molar-refractivity contribution in [1.29, 1.82) is 5.26 Å². The van der Waals surface area contributed by atoms with E-state index in [-0.39, 0.29) is 17.9 Å². The third-order valence-corrected chi connectivity index (χ3v) is 3.04. The first-order valence-electron chi connectivity index (χ1n) is 5.23. The third kappa shape index (κ3) is 1.73. The quantitative estimate of drug-likeness (QED) is 0.643. The summed E-state index contributed by atoms with van der Waals surface area (Å²) in [5, 5.41) is 11.9. The molecule has 2 atom stereocenters. The minimum atomic E-state index is 0.0208. The van der Waals surface area contributed by atoms with Gasteiger partial charge in [0.25, 0.3) is 0 Å². The Kier molecular flexibility index (Phi) is 2.69. The van der Waals surface area contributed by atoms with Gasteiger partial charge in [-0.15, -0.1) is 0 Å². The molecule has 2 fully saturated rings. The molecule has 0 aromatic rings. The van der Waals surface area contributed by atoms with Crippen molar-refractivity contribution in [2.45, 2.75) is 25.3 Å². The van der Waals surface area contributed by atoms with Gasteiger partial charge in [-0.1, -0.05) is 0 Å². The fourth-order valence-electron chi connectivity index (χ4n) is 2.18. The number of nitrogens with one attached hydrogen (secondary N) is 1. The minimum absolute atomic E-state index is 0.0208. The van der Waals surface area contributed by atoms with Gasteiger partial charge in [-0.25, -0.2) is 0 Å². The molecular formula is C10H15N3O. The summed E-state index contributed by atoms with van der Waals surface area (Å²) in [5.41, 5.74) is 0. The molecule has 2 aliphatic rings. The maximum Gasteiger partial charge on any atom is 0.239 e. The molecule has 0 saturated carbocycles. The molecule has 2 saturated heterocycles. The summed E-state index contributed by atoms with van der Waals surface area (Å²) in [6, 6.07) is 2.25. The number of hydrogen-bond acceptors (Lipinski definition) is 3. The molecule has 2 aliphatic heterocycles. The van der Waals surface area contributed by atoms with Crippen LogP contribution in [0.1, 0.15) is 19.3 Å². The highest BCUT2D eigenvalue weighted by Crippen LogP contribution is 2.18. The first kappa shape index (κ1) is 9.47. The van der Waals surface area contributed by atoms with Crippen LogP contribution >= 0.6 is 0 Å². The molecule has 76 valence electrons. The van der Waals surface area contributed by atoms with E-state index in [0.717, 1.165) is 32.4 Å². The van der Waals surface area contributed by atoms with Crippen LogP contribution in [0.5, 0.6) is 0 Å². The monoisotopic (exact) mass is 193 g/mol. The second kappa shape index (κ2) is 3.97. The topological polar surface area (TPSA) is 56.1 Å². The summed E-state index contributed by atoms with van der Waals surface area (Å²) in [6.07, 6.45) is 2.88. The molecule has 0 aliphatic carbocycles. The Hall–Kier alpha value is -1.08. The summed E-state index contributed by atoms with van der Waals surface area (Å²) in [7, 11) is 0. The molecule has 14 heavy (non-hydrogen) atoms. The number of hydrogen-bond donors (Lipinski definition) is 1. The third-order valence-electron chi connectivity index (χ3n) is 3.04. The number of rotatable bonds is 1. The van der Waals surface area contributed by atoms with Crippen molar-refractivity contribution in [2.75, 3.05) is 19.6 Å². The highest BCUT2D eigenvalue weighted by molar-refractivity contribution is 5.82. The summed E-state index contributed by atoms with van der Waals surface area (Å²) in [5.74, 6) is 0.251. The predicted molar refractivity (Wildman–Crippen MR) is 51.3 cm³/mol. The van der Waals surface area contributed by atoms with Crippen LogP contribution in [0.25, 0.3) is 0 Å². The van der Waals surface area contributed by atoms with Crippen LogP contribution in [-0.2, 0) is 4.79 Å². The van der Waals surface area contributed by atoms with Crippen LogP contribution in [0.3, 0.4) is 0 Å². The van der Waals surface area contributed by atoms with E-state index >= 15 is 0 Å². The van der Waals surface area contributed by atoms with Crippen molar-refractivity contribution in [3.8, 4) is 6.07 Å². The molecule has 0 spiro atoms. The smallest absolute Gasteiger partial charge is 0.239 e. The molecule has 2 unspecified atom stereocenters. The highest BCUT2D eigenvalue weighted by Gasteiger charge is 2.31.